The second kappa shape index (κ2) is 9.74. The summed E-state index contributed by atoms with van der Waals surface area (Å²) in [4.78, 5) is 0. The fourth-order valence-corrected chi connectivity index (χ4v) is 3.88. The second-order valence-electron chi connectivity index (χ2n) is 6.84. The molecule has 0 nitrogen and oxygen atoms in total. The van der Waals surface area contributed by atoms with Crippen molar-refractivity contribution in [3.05, 3.63) is 70.8 Å². The summed E-state index contributed by atoms with van der Waals surface area (Å²) in [6, 6.07) is 18.1. The van der Waals surface area contributed by atoms with Crippen molar-refractivity contribution in [2.75, 3.05) is 0 Å². The van der Waals surface area contributed by atoms with Gasteiger partial charge in [0.15, 0.2) is 0 Å². The normalized spacial score (nSPS) is 12.4. The van der Waals surface area contributed by atoms with E-state index in [0.29, 0.717) is 0 Å². The van der Waals surface area contributed by atoms with Gasteiger partial charge in [0.1, 0.15) is 0 Å². The number of rotatable bonds is 0. The van der Waals surface area contributed by atoms with Gasteiger partial charge in [-0.2, -0.15) is 0 Å². The standard InChI is InChI=1S/C21H20.3C2H6/c1-13-9-10-17-18(11-13)21(3,4)19-12-14(2)15-7-5-6-8-16(15)20(17)19;3*1-2/h5-12H,1-4H3;3*1-2H3. The van der Waals surface area contributed by atoms with E-state index in [0.717, 1.165) is 0 Å². The Balaban J connectivity index is 0.000000556. The number of hydrogen-bond donors (Lipinski definition) is 0. The van der Waals surface area contributed by atoms with E-state index in [2.05, 4.69) is 76.2 Å². The summed E-state index contributed by atoms with van der Waals surface area (Å²) < 4.78 is 0. The lowest BCUT2D eigenvalue weighted by Gasteiger charge is -2.22. The Morgan fingerprint density at radius 3 is 1.78 bits per heavy atom. The van der Waals surface area contributed by atoms with Crippen LogP contribution in [0.2, 0.25) is 0 Å². The molecule has 0 atom stereocenters. The van der Waals surface area contributed by atoms with E-state index in [1.807, 2.05) is 41.5 Å². The van der Waals surface area contributed by atoms with Crippen molar-refractivity contribution >= 4 is 10.8 Å². The van der Waals surface area contributed by atoms with Gasteiger partial charge >= 0.3 is 0 Å². The van der Waals surface area contributed by atoms with Gasteiger partial charge in [0, 0.05) is 5.41 Å². The smallest absolute Gasteiger partial charge is 0.0159 e. The van der Waals surface area contributed by atoms with Crippen LogP contribution < -0.4 is 0 Å². The van der Waals surface area contributed by atoms with Crippen LogP contribution in [0.5, 0.6) is 0 Å². The van der Waals surface area contributed by atoms with Crippen molar-refractivity contribution < 1.29 is 0 Å². The highest BCUT2D eigenvalue weighted by atomic mass is 14.4. The molecular weight excluding hydrogens is 324 g/mol. The van der Waals surface area contributed by atoms with Crippen molar-refractivity contribution in [1.29, 1.82) is 0 Å². The number of fused-ring (bicyclic) bond motifs is 5. The molecule has 0 heteroatoms. The molecule has 0 N–H and O–H groups in total. The van der Waals surface area contributed by atoms with E-state index in [4.69, 9.17) is 0 Å². The Morgan fingerprint density at radius 1 is 0.630 bits per heavy atom. The lowest BCUT2D eigenvalue weighted by molar-refractivity contribution is 0.659. The maximum absolute atomic E-state index is 2.40. The van der Waals surface area contributed by atoms with Crippen molar-refractivity contribution in [3.8, 4) is 11.1 Å². The Kier molecular flexibility index (Phi) is 8.28. The van der Waals surface area contributed by atoms with Gasteiger partial charge < -0.3 is 0 Å². The van der Waals surface area contributed by atoms with Crippen LogP contribution in [0.25, 0.3) is 21.9 Å². The summed E-state index contributed by atoms with van der Waals surface area (Å²) in [7, 11) is 0. The van der Waals surface area contributed by atoms with Gasteiger partial charge in [-0.1, -0.05) is 109 Å². The van der Waals surface area contributed by atoms with Gasteiger partial charge in [-0.05, 0) is 52.4 Å². The fourth-order valence-electron chi connectivity index (χ4n) is 3.88. The van der Waals surface area contributed by atoms with Crippen LogP contribution in [-0.4, -0.2) is 0 Å². The predicted octanol–water partition coefficient (Wildman–Crippen LogP) is 8.84. The van der Waals surface area contributed by atoms with Gasteiger partial charge in [0.2, 0.25) is 0 Å². The minimum absolute atomic E-state index is 0.0888. The molecule has 146 valence electrons. The quantitative estimate of drug-likeness (QED) is 0.374. The summed E-state index contributed by atoms with van der Waals surface area (Å²) in [5.41, 5.74) is 8.60. The molecule has 0 heterocycles. The van der Waals surface area contributed by atoms with E-state index < -0.39 is 0 Å². The fraction of sp³-hybridized carbons (Fsp3) is 0.407. The van der Waals surface area contributed by atoms with Crippen molar-refractivity contribution in [2.24, 2.45) is 0 Å². The first kappa shape index (κ1) is 23.0. The third-order valence-corrected chi connectivity index (χ3v) is 5.04. The van der Waals surface area contributed by atoms with Gasteiger partial charge in [-0.25, -0.2) is 0 Å². The Bertz CT molecular complexity index is 882. The summed E-state index contributed by atoms with van der Waals surface area (Å²) in [6.45, 7) is 21.1. The van der Waals surface area contributed by atoms with E-state index in [-0.39, 0.29) is 5.41 Å². The monoisotopic (exact) mass is 362 g/mol. The first-order valence-electron chi connectivity index (χ1n) is 10.6. The molecule has 0 radical (unpaired) electrons. The van der Waals surface area contributed by atoms with Crippen LogP contribution in [-0.2, 0) is 5.41 Å². The molecule has 0 amide bonds. The first-order chi connectivity index (χ1) is 13.0. The molecule has 0 unspecified atom stereocenters. The highest BCUT2D eigenvalue weighted by molar-refractivity contribution is 6.03. The molecule has 0 spiro atoms. The zero-order chi connectivity index (χ0) is 20.8. The summed E-state index contributed by atoms with van der Waals surface area (Å²) in [5, 5.41) is 2.77. The SMILES string of the molecule is CC.CC.CC.Cc1ccc2c(c1)C(C)(C)c1cc(C)c3ccccc3c1-2. The Hall–Kier alpha value is -2.08. The van der Waals surface area contributed by atoms with E-state index >= 15 is 0 Å². The van der Waals surface area contributed by atoms with Crippen LogP contribution in [0.3, 0.4) is 0 Å². The third kappa shape index (κ3) is 3.95. The van der Waals surface area contributed by atoms with Crippen LogP contribution in [0.1, 0.15) is 77.6 Å². The van der Waals surface area contributed by atoms with Crippen molar-refractivity contribution in [3.63, 3.8) is 0 Å². The zero-order valence-corrected chi connectivity index (χ0v) is 19.1. The number of hydrogen-bond acceptors (Lipinski definition) is 0. The van der Waals surface area contributed by atoms with E-state index in [1.165, 1.54) is 44.2 Å². The zero-order valence-electron chi connectivity index (χ0n) is 19.1. The molecule has 1 aliphatic carbocycles. The molecule has 0 aliphatic heterocycles. The average Bonchev–Trinajstić information content (AvgIpc) is 2.94. The molecular formula is C27H38. The van der Waals surface area contributed by atoms with Crippen LogP contribution in [0, 0.1) is 13.8 Å². The summed E-state index contributed by atoms with van der Waals surface area (Å²) in [5.74, 6) is 0. The Labute approximate surface area is 167 Å². The maximum atomic E-state index is 2.40. The van der Waals surface area contributed by atoms with E-state index in [9.17, 15) is 0 Å². The molecule has 3 aromatic carbocycles. The second-order valence-corrected chi connectivity index (χ2v) is 6.84. The summed E-state index contributed by atoms with van der Waals surface area (Å²) in [6.07, 6.45) is 0. The highest BCUT2D eigenvalue weighted by Gasteiger charge is 2.36. The minimum atomic E-state index is 0.0888. The topological polar surface area (TPSA) is 0 Å². The summed E-state index contributed by atoms with van der Waals surface area (Å²) >= 11 is 0. The number of aryl methyl sites for hydroxylation is 2. The number of benzene rings is 3. The molecule has 3 aromatic rings. The molecule has 0 saturated carbocycles. The lowest BCUT2D eigenvalue weighted by Crippen LogP contribution is -2.15. The van der Waals surface area contributed by atoms with Crippen LogP contribution in [0.4, 0.5) is 0 Å². The van der Waals surface area contributed by atoms with Gasteiger partial charge in [0.05, 0.1) is 0 Å². The molecule has 0 aromatic heterocycles. The molecule has 27 heavy (non-hydrogen) atoms. The van der Waals surface area contributed by atoms with Gasteiger partial charge in [0.25, 0.3) is 0 Å². The predicted molar refractivity (Wildman–Crippen MR) is 125 cm³/mol. The average molecular weight is 363 g/mol. The molecule has 0 fully saturated rings. The largest absolute Gasteiger partial charge is 0.0683 e. The molecule has 1 aliphatic rings. The van der Waals surface area contributed by atoms with E-state index in [1.54, 1.807) is 0 Å². The first-order valence-corrected chi connectivity index (χ1v) is 10.6. The molecule has 0 bridgehead atoms. The van der Waals surface area contributed by atoms with Crippen LogP contribution in [0.15, 0.2) is 48.5 Å². The van der Waals surface area contributed by atoms with Crippen LogP contribution >= 0.6 is 0 Å². The van der Waals surface area contributed by atoms with Crippen molar-refractivity contribution in [2.45, 2.75) is 74.7 Å². The van der Waals surface area contributed by atoms with Gasteiger partial charge in [-0.3, -0.25) is 0 Å². The minimum Gasteiger partial charge on any atom is -0.0683 e. The molecule has 0 saturated heterocycles. The Morgan fingerprint density at radius 2 is 1.19 bits per heavy atom. The van der Waals surface area contributed by atoms with Crippen molar-refractivity contribution in [1.82, 2.24) is 0 Å². The molecule has 4 rings (SSSR count). The maximum Gasteiger partial charge on any atom is 0.0159 e. The van der Waals surface area contributed by atoms with Gasteiger partial charge in [-0.15, -0.1) is 0 Å². The highest BCUT2D eigenvalue weighted by Crippen LogP contribution is 2.51. The lowest BCUT2D eigenvalue weighted by atomic mass is 9.81. The third-order valence-electron chi connectivity index (χ3n) is 5.04.